The molecule has 16 heavy (non-hydrogen) atoms. The van der Waals surface area contributed by atoms with E-state index in [0.717, 1.165) is 23.9 Å². The predicted octanol–water partition coefficient (Wildman–Crippen LogP) is 1.07. The largest absolute Gasteiger partial charge is 0.343 e. The highest BCUT2D eigenvalue weighted by Gasteiger charge is 2.07. The first kappa shape index (κ1) is 13.3. The SMILES string of the molecule is CCNC(C)CCSc1n[nH]c(=O)n1CC. The Morgan fingerprint density at radius 2 is 2.31 bits per heavy atom. The smallest absolute Gasteiger partial charge is 0.315 e. The van der Waals surface area contributed by atoms with Gasteiger partial charge < -0.3 is 5.32 Å². The van der Waals surface area contributed by atoms with Crippen LogP contribution in [0, 0.1) is 0 Å². The van der Waals surface area contributed by atoms with Crippen LogP contribution in [0.1, 0.15) is 27.2 Å². The van der Waals surface area contributed by atoms with Crippen molar-refractivity contribution in [2.45, 2.75) is 44.9 Å². The average Bonchev–Trinajstić information content (AvgIpc) is 2.60. The maximum Gasteiger partial charge on any atom is 0.343 e. The third-order valence-corrected chi connectivity index (χ3v) is 3.38. The summed E-state index contributed by atoms with van der Waals surface area (Å²) < 4.78 is 1.66. The van der Waals surface area contributed by atoms with Gasteiger partial charge in [0.1, 0.15) is 0 Å². The van der Waals surface area contributed by atoms with Crippen molar-refractivity contribution in [3.05, 3.63) is 10.5 Å². The molecule has 0 aromatic carbocycles. The molecule has 0 aliphatic heterocycles. The van der Waals surface area contributed by atoms with Crippen molar-refractivity contribution in [1.29, 1.82) is 0 Å². The second kappa shape index (κ2) is 6.75. The molecule has 1 rings (SSSR count). The Balaban J connectivity index is 2.40. The first-order chi connectivity index (χ1) is 7.69. The lowest BCUT2D eigenvalue weighted by atomic mass is 10.3. The van der Waals surface area contributed by atoms with E-state index >= 15 is 0 Å². The first-order valence-electron chi connectivity index (χ1n) is 5.70. The van der Waals surface area contributed by atoms with Crippen LogP contribution in [0.3, 0.4) is 0 Å². The molecule has 6 heteroatoms. The molecule has 0 radical (unpaired) electrons. The summed E-state index contributed by atoms with van der Waals surface area (Å²) in [6.07, 6.45) is 1.07. The second-order valence-corrected chi connectivity index (χ2v) is 4.71. The monoisotopic (exact) mass is 244 g/mol. The summed E-state index contributed by atoms with van der Waals surface area (Å²) in [7, 11) is 0. The molecule has 0 saturated heterocycles. The number of H-pyrrole nitrogens is 1. The lowest BCUT2D eigenvalue weighted by molar-refractivity contribution is 0.556. The fourth-order valence-corrected chi connectivity index (χ4v) is 2.60. The van der Waals surface area contributed by atoms with Crippen LogP contribution in [-0.2, 0) is 6.54 Å². The van der Waals surface area contributed by atoms with Crippen LogP contribution in [-0.4, -0.2) is 33.1 Å². The van der Waals surface area contributed by atoms with Crippen LogP contribution in [0.5, 0.6) is 0 Å². The highest BCUT2D eigenvalue weighted by Crippen LogP contribution is 2.14. The Bertz CT molecular complexity index is 360. The number of rotatable bonds is 7. The molecule has 1 atom stereocenters. The number of hydrogen-bond acceptors (Lipinski definition) is 4. The Labute approximate surface area is 100 Å². The lowest BCUT2D eigenvalue weighted by Gasteiger charge is -2.11. The number of aromatic amines is 1. The molecule has 92 valence electrons. The summed E-state index contributed by atoms with van der Waals surface area (Å²) >= 11 is 1.63. The fourth-order valence-electron chi connectivity index (χ4n) is 1.47. The molecule has 0 saturated carbocycles. The number of nitrogens with zero attached hydrogens (tertiary/aromatic N) is 2. The summed E-state index contributed by atoms with van der Waals surface area (Å²) in [6.45, 7) is 7.88. The van der Waals surface area contributed by atoms with E-state index in [1.54, 1.807) is 16.3 Å². The molecule has 0 bridgehead atoms. The maximum atomic E-state index is 11.3. The number of nitrogens with one attached hydrogen (secondary N) is 2. The van der Waals surface area contributed by atoms with Crippen molar-refractivity contribution < 1.29 is 0 Å². The van der Waals surface area contributed by atoms with E-state index in [1.807, 2.05) is 6.92 Å². The standard InChI is InChI=1S/C10H20N4OS/c1-4-11-8(3)6-7-16-10-13-12-9(15)14(10)5-2/h8,11H,4-7H2,1-3H3,(H,12,15). The minimum atomic E-state index is -0.121. The van der Waals surface area contributed by atoms with E-state index in [9.17, 15) is 4.79 Å². The Kier molecular flexibility index (Phi) is 5.62. The molecule has 1 heterocycles. The first-order valence-corrected chi connectivity index (χ1v) is 6.69. The molecule has 0 amide bonds. The van der Waals surface area contributed by atoms with Gasteiger partial charge in [-0.2, -0.15) is 0 Å². The molecule has 2 N–H and O–H groups in total. The molecule has 0 spiro atoms. The van der Waals surface area contributed by atoms with Crippen LogP contribution in [0.25, 0.3) is 0 Å². The molecular weight excluding hydrogens is 224 g/mol. The normalized spacial score (nSPS) is 12.9. The summed E-state index contributed by atoms with van der Waals surface area (Å²) in [4.78, 5) is 11.3. The second-order valence-electron chi connectivity index (χ2n) is 3.65. The average molecular weight is 244 g/mol. The van der Waals surface area contributed by atoms with E-state index in [2.05, 4.69) is 29.4 Å². The van der Waals surface area contributed by atoms with Gasteiger partial charge in [-0.15, -0.1) is 5.10 Å². The molecular formula is C10H20N4OS. The zero-order chi connectivity index (χ0) is 12.0. The van der Waals surface area contributed by atoms with Crippen LogP contribution < -0.4 is 11.0 Å². The zero-order valence-corrected chi connectivity index (χ0v) is 10.9. The van der Waals surface area contributed by atoms with Crippen LogP contribution >= 0.6 is 11.8 Å². The van der Waals surface area contributed by atoms with Gasteiger partial charge in [0.25, 0.3) is 0 Å². The molecule has 0 aliphatic carbocycles. The Morgan fingerprint density at radius 3 is 2.94 bits per heavy atom. The maximum absolute atomic E-state index is 11.3. The van der Waals surface area contributed by atoms with Crippen molar-refractivity contribution >= 4 is 11.8 Å². The van der Waals surface area contributed by atoms with Gasteiger partial charge in [-0.05, 0) is 26.8 Å². The van der Waals surface area contributed by atoms with E-state index in [-0.39, 0.29) is 5.69 Å². The topological polar surface area (TPSA) is 62.7 Å². The van der Waals surface area contributed by atoms with E-state index in [0.29, 0.717) is 12.6 Å². The van der Waals surface area contributed by atoms with E-state index < -0.39 is 0 Å². The summed E-state index contributed by atoms with van der Waals surface area (Å²) in [5, 5.41) is 10.6. The fraction of sp³-hybridized carbons (Fsp3) is 0.800. The van der Waals surface area contributed by atoms with Gasteiger partial charge in [0.15, 0.2) is 5.16 Å². The van der Waals surface area contributed by atoms with Gasteiger partial charge in [-0.3, -0.25) is 4.57 Å². The van der Waals surface area contributed by atoms with E-state index in [4.69, 9.17) is 0 Å². The number of hydrogen-bond donors (Lipinski definition) is 2. The molecule has 1 unspecified atom stereocenters. The minimum absolute atomic E-state index is 0.121. The van der Waals surface area contributed by atoms with Crippen LogP contribution in [0.4, 0.5) is 0 Å². The summed E-state index contributed by atoms with van der Waals surface area (Å²) in [5.41, 5.74) is -0.121. The number of aromatic nitrogens is 3. The van der Waals surface area contributed by atoms with Crippen LogP contribution in [0.2, 0.25) is 0 Å². The van der Waals surface area contributed by atoms with Crippen molar-refractivity contribution in [2.75, 3.05) is 12.3 Å². The highest BCUT2D eigenvalue weighted by atomic mass is 32.2. The summed E-state index contributed by atoms with van der Waals surface area (Å²) in [6, 6.07) is 0.512. The lowest BCUT2D eigenvalue weighted by Crippen LogP contribution is -2.26. The van der Waals surface area contributed by atoms with Crippen molar-refractivity contribution in [2.24, 2.45) is 0 Å². The van der Waals surface area contributed by atoms with Gasteiger partial charge in [0, 0.05) is 18.3 Å². The Hall–Kier alpha value is -0.750. The van der Waals surface area contributed by atoms with Gasteiger partial charge in [-0.25, -0.2) is 9.89 Å². The number of thioether (sulfide) groups is 1. The molecule has 5 nitrogen and oxygen atoms in total. The van der Waals surface area contributed by atoms with Gasteiger partial charge in [0.05, 0.1) is 0 Å². The van der Waals surface area contributed by atoms with Gasteiger partial charge in [-0.1, -0.05) is 18.7 Å². The predicted molar refractivity (Wildman–Crippen MR) is 67.0 cm³/mol. The van der Waals surface area contributed by atoms with Crippen LogP contribution in [0.15, 0.2) is 9.95 Å². The molecule has 0 aliphatic rings. The third kappa shape index (κ3) is 3.68. The quantitative estimate of drug-likeness (QED) is 0.704. The van der Waals surface area contributed by atoms with Crippen molar-refractivity contribution in [3.8, 4) is 0 Å². The van der Waals surface area contributed by atoms with E-state index in [1.165, 1.54) is 0 Å². The van der Waals surface area contributed by atoms with Crippen molar-refractivity contribution in [3.63, 3.8) is 0 Å². The highest BCUT2D eigenvalue weighted by molar-refractivity contribution is 7.99. The molecule has 1 aromatic heterocycles. The van der Waals surface area contributed by atoms with Gasteiger partial charge in [0.2, 0.25) is 0 Å². The molecule has 1 aromatic rings. The summed E-state index contributed by atoms with van der Waals surface area (Å²) in [5.74, 6) is 0.971. The third-order valence-electron chi connectivity index (χ3n) is 2.37. The Morgan fingerprint density at radius 1 is 1.56 bits per heavy atom. The molecule has 0 fully saturated rings. The zero-order valence-electron chi connectivity index (χ0n) is 10.1. The van der Waals surface area contributed by atoms with Gasteiger partial charge >= 0.3 is 5.69 Å². The minimum Gasteiger partial charge on any atom is -0.315 e. The van der Waals surface area contributed by atoms with Crippen molar-refractivity contribution in [1.82, 2.24) is 20.1 Å².